The number of halogens is 3. The van der Waals surface area contributed by atoms with E-state index in [1.54, 1.807) is 0 Å². The fourth-order valence-corrected chi connectivity index (χ4v) is 2.13. The monoisotopic (exact) mass is 361 g/mol. The Morgan fingerprint density at radius 3 is 2.12 bits per heavy atom. The molecule has 2 rings (SSSR count). The summed E-state index contributed by atoms with van der Waals surface area (Å²) >= 11 is 6.88. The lowest BCUT2D eigenvalue weighted by Gasteiger charge is -2.08. The van der Waals surface area contributed by atoms with Gasteiger partial charge in [0.15, 0.2) is 0 Å². The second kappa shape index (κ2) is 5.71. The molecule has 0 aliphatic carbocycles. The second-order valence-electron chi connectivity index (χ2n) is 3.19. The molecule has 0 saturated carbocycles. The molecular formula is C12H10Br2ClN. The average molecular weight is 363 g/mol. The average Bonchev–Trinajstić information content (AvgIpc) is 2.27. The fourth-order valence-electron chi connectivity index (χ4n) is 1.44. The van der Waals surface area contributed by atoms with Crippen LogP contribution in [0.4, 0.5) is 5.69 Å². The highest BCUT2D eigenvalue weighted by atomic mass is 79.9. The van der Waals surface area contributed by atoms with Crippen LogP contribution in [0.5, 0.6) is 0 Å². The lowest BCUT2D eigenvalue weighted by molar-refractivity contribution is 1.55. The maximum atomic E-state index is 6.04. The van der Waals surface area contributed by atoms with Gasteiger partial charge in [-0.25, -0.2) is 0 Å². The number of nitrogens with two attached hydrogens (primary N) is 1. The number of hydrogen-bond donors (Lipinski definition) is 1. The van der Waals surface area contributed by atoms with E-state index in [4.69, 9.17) is 5.73 Å². The quantitative estimate of drug-likeness (QED) is 0.718. The van der Waals surface area contributed by atoms with Crippen LogP contribution < -0.4 is 5.73 Å². The minimum atomic E-state index is 0. The molecule has 0 amide bonds. The molecule has 0 aromatic heterocycles. The van der Waals surface area contributed by atoms with Gasteiger partial charge in [-0.3, -0.25) is 0 Å². The van der Waals surface area contributed by atoms with Crippen molar-refractivity contribution < 1.29 is 0 Å². The maximum absolute atomic E-state index is 6.04. The van der Waals surface area contributed by atoms with E-state index in [1.165, 1.54) is 0 Å². The van der Waals surface area contributed by atoms with E-state index in [1.807, 2.05) is 42.5 Å². The van der Waals surface area contributed by atoms with Crippen molar-refractivity contribution >= 4 is 50.0 Å². The molecular weight excluding hydrogens is 353 g/mol. The standard InChI is InChI=1S/C12H9Br2N.ClH/c13-10-7-6-9(12(15)11(10)14)8-4-2-1-3-5-8;/h1-7H,15H2;1H. The van der Waals surface area contributed by atoms with Crippen LogP contribution in [0.25, 0.3) is 11.1 Å². The van der Waals surface area contributed by atoms with Gasteiger partial charge in [0.2, 0.25) is 0 Å². The Hall–Kier alpha value is -0.510. The van der Waals surface area contributed by atoms with Gasteiger partial charge >= 0.3 is 0 Å². The molecule has 84 valence electrons. The Labute approximate surface area is 118 Å². The zero-order valence-corrected chi connectivity index (χ0v) is 12.3. The highest BCUT2D eigenvalue weighted by molar-refractivity contribution is 9.13. The van der Waals surface area contributed by atoms with Crippen LogP contribution in [0.1, 0.15) is 0 Å². The first-order valence-electron chi connectivity index (χ1n) is 4.49. The number of nitrogen functional groups attached to an aromatic ring is 1. The van der Waals surface area contributed by atoms with Crippen LogP contribution in [-0.2, 0) is 0 Å². The van der Waals surface area contributed by atoms with E-state index < -0.39 is 0 Å². The van der Waals surface area contributed by atoms with Crippen molar-refractivity contribution in [1.82, 2.24) is 0 Å². The number of hydrogen-bond acceptors (Lipinski definition) is 1. The van der Waals surface area contributed by atoms with E-state index in [0.717, 1.165) is 25.8 Å². The van der Waals surface area contributed by atoms with Crippen LogP contribution in [0.2, 0.25) is 0 Å². The van der Waals surface area contributed by atoms with Crippen LogP contribution >= 0.6 is 44.3 Å². The summed E-state index contributed by atoms with van der Waals surface area (Å²) in [5, 5.41) is 0. The summed E-state index contributed by atoms with van der Waals surface area (Å²) in [6.07, 6.45) is 0. The third-order valence-corrected chi connectivity index (χ3v) is 4.26. The van der Waals surface area contributed by atoms with Gasteiger partial charge in [0.25, 0.3) is 0 Å². The van der Waals surface area contributed by atoms with Gasteiger partial charge in [0.1, 0.15) is 0 Å². The highest BCUT2D eigenvalue weighted by Crippen LogP contribution is 2.36. The Kier molecular flexibility index (Phi) is 4.84. The van der Waals surface area contributed by atoms with Crippen LogP contribution in [0.15, 0.2) is 51.4 Å². The van der Waals surface area contributed by atoms with Crippen LogP contribution in [0.3, 0.4) is 0 Å². The van der Waals surface area contributed by atoms with Crippen LogP contribution in [-0.4, -0.2) is 0 Å². The molecule has 2 aromatic carbocycles. The fraction of sp³-hybridized carbons (Fsp3) is 0. The van der Waals surface area contributed by atoms with Gasteiger partial charge in [-0.1, -0.05) is 36.4 Å². The molecule has 0 bridgehead atoms. The maximum Gasteiger partial charge on any atom is 0.0553 e. The van der Waals surface area contributed by atoms with Crippen molar-refractivity contribution in [3.8, 4) is 11.1 Å². The predicted molar refractivity (Wildman–Crippen MR) is 78.9 cm³/mol. The normalized spacial score (nSPS) is 9.62. The highest BCUT2D eigenvalue weighted by Gasteiger charge is 2.07. The first kappa shape index (κ1) is 13.6. The van der Waals surface area contributed by atoms with Crippen molar-refractivity contribution in [1.29, 1.82) is 0 Å². The molecule has 2 N–H and O–H groups in total. The molecule has 2 aromatic rings. The van der Waals surface area contributed by atoms with Gasteiger partial charge in [0.05, 0.1) is 10.2 Å². The van der Waals surface area contributed by atoms with Gasteiger partial charge < -0.3 is 5.73 Å². The zero-order valence-electron chi connectivity index (χ0n) is 8.28. The van der Waals surface area contributed by atoms with Gasteiger partial charge in [-0.2, -0.15) is 0 Å². The minimum Gasteiger partial charge on any atom is -0.397 e. The van der Waals surface area contributed by atoms with Gasteiger partial charge in [-0.15, -0.1) is 12.4 Å². The molecule has 0 saturated heterocycles. The lowest BCUT2D eigenvalue weighted by Crippen LogP contribution is -1.92. The Morgan fingerprint density at radius 2 is 1.50 bits per heavy atom. The first-order chi connectivity index (χ1) is 7.20. The molecule has 0 aliphatic heterocycles. The van der Waals surface area contributed by atoms with Crippen molar-refractivity contribution in [2.45, 2.75) is 0 Å². The summed E-state index contributed by atoms with van der Waals surface area (Å²) in [7, 11) is 0. The van der Waals surface area contributed by atoms with Gasteiger partial charge in [0, 0.05) is 10.0 Å². The summed E-state index contributed by atoms with van der Waals surface area (Å²) in [6, 6.07) is 14.1. The van der Waals surface area contributed by atoms with E-state index in [9.17, 15) is 0 Å². The molecule has 0 atom stereocenters. The lowest BCUT2D eigenvalue weighted by atomic mass is 10.0. The van der Waals surface area contributed by atoms with Crippen molar-refractivity contribution in [2.75, 3.05) is 5.73 Å². The summed E-state index contributed by atoms with van der Waals surface area (Å²) in [4.78, 5) is 0. The number of rotatable bonds is 1. The number of benzene rings is 2. The van der Waals surface area contributed by atoms with Crippen molar-refractivity contribution in [3.63, 3.8) is 0 Å². The van der Waals surface area contributed by atoms with Crippen LogP contribution in [0, 0.1) is 0 Å². The Bertz CT molecular complexity index is 486. The molecule has 1 nitrogen and oxygen atoms in total. The molecule has 0 heterocycles. The molecule has 4 heteroatoms. The molecule has 16 heavy (non-hydrogen) atoms. The molecule has 0 spiro atoms. The zero-order chi connectivity index (χ0) is 10.8. The topological polar surface area (TPSA) is 26.0 Å². The van der Waals surface area contributed by atoms with Gasteiger partial charge in [-0.05, 0) is 43.5 Å². The molecule has 0 aliphatic rings. The largest absolute Gasteiger partial charge is 0.397 e. The van der Waals surface area contributed by atoms with E-state index in [2.05, 4.69) is 31.9 Å². The Balaban J connectivity index is 0.00000128. The molecule has 0 fully saturated rings. The van der Waals surface area contributed by atoms with Crippen molar-refractivity contribution in [3.05, 3.63) is 51.4 Å². The third kappa shape index (κ3) is 2.59. The SMILES string of the molecule is Cl.Nc1c(-c2ccccc2)ccc(Br)c1Br. The molecule has 0 radical (unpaired) electrons. The predicted octanol–water partition coefficient (Wildman–Crippen LogP) is 4.88. The summed E-state index contributed by atoms with van der Waals surface area (Å²) in [6.45, 7) is 0. The third-order valence-electron chi connectivity index (χ3n) is 2.22. The second-order valence-corrected chi connectivity index (χ2v) is 4.84. The van der Waals surface area contributed by atoms with E-state index in [-0.39, 0.29) is 12.4 Å². The van der Waals surface area contributed by atoms with E-state index >= 15 is 0 Å². The minimum absolute atomic E-state index is 0. The summed E-state index contributed by atoms with van der Waals surface area (Å²) < 4.78 is 1.88. The molecule has 0 unspecified atom stereocenters. The summed E-state index contributed by atoms with van der Waals surface area (Å²) in [5.41, 5.74) is 8.97. The van der Waals surface area contributed by atoms with Crippen molar-refractivity contribution in [2.24, 2.45) is 0 Å². The first-order valence-corrected chi connectivity index (χ1v) is 6.07. The smallest absolute Gasteiger partial charge is 0.0553 e. The summed E-state index contributed by atoms with van der Waals surface area (Å²) in [5.74, 6) is 0. The Morgan fingerprint density at radius 1 is 0.875 bits per heavy atom. The number of anilines is 1. The van der Waals surface area contributed by atoms with E-state index in [0.29, 0.717) is 0 Å².